The van der Waals surface area contributed by atoms with Gasteiger partial charge in [0.05, 0.1) is 6.10 Å². The van der Waals surface area contributed by atoms with Crippen molar-refractivity contribution in [1.29, 1.82) is 0 Å². The zero-order valence-electron chi connectivity index (χ0n) is 11.4. The van der Waals surface area contributed by atoms with E-state index in [1.807, 2.05) is 4.90 Å². The van der Waals surface area contributed by atoms with Crippen LogP contribution in [0.5, 0.6) is 0 Å². The van der Waals surface area contributed by atoms with E-state index in [9.17, 15) is 13.5 Å². The number of benzene rings is 1. The van der Waals surface area contributed by atoms with Crippen molar-refractivity contribution in [3.05, 3.63) is 29.8 Å². The summed E-state index contributed by atoms with van der Waals surface area (Å²) in [6.45, 7) is 0.976. The average molecular weight is 316 g/mol. The molecular formula is C13H20N2O3S2. The molecule has 0 amide bonds. The molecule has 2 unspecified atom stereocenters. The number of nitrogens with two attached hydrogens (primary N) is 1. The van der Waals surface area contributed by atoms with Crippen molar-refractivity contribution in [2.75, 3.05) is 36.6 Å². The number of hydrogen-bond donors (Lipinski definition) is 2. The molecule has 1 aliphatic heterocycles. The Morgan fingerprint density at radius 2 is 2.30 bits per heavy atom. The van der Waals surface area contributed by atoms with E-state index in [4.69, 9.17) is 5.73 Å². The van der Waals surface area contributed by atoms with Gasteiger partial charge in [-0.05, 0) is 17.7 Å². The first-order valence-electron chi connectivity index (χ1n) is 6.42. The number of aliphatic hydroxyl groups excluding tert-OH is 1. The number of hydrogen-bond acceptors (Lipinski definition) is 6. The molecule has 1 aromatic rings. The van der Waals surface area contributed by atoms with Crippen LogP contribution in [0.4, 0.5) is 5.69 Å². The van der Waals surface area contributed by atoms with Gasteiger partial charge in [0.2, 0.25) is 0 Å². The first-order valence-corrected chi connectivity index (χ1v) is 9.53. The zero-order valence-corrected chi connectivity index (χ0v) is 13.0. The van der Waals surface area contributed by atoms with Gasteiger partial charge >= 0.3 is 0 Å². The van der Waals surface area contributed by atoms with Crippen LogP contribution in [0.25, 0.3) is 0 Å². The summed E-state index contributed by atoms with van der Waals surface area (Å²) in [5, 5.41) is 9.77. The highest BCUT2D eigenvalue weighted by molar-refractivity contribution is 8.00. The van der Waals surface area contributed by atoms with Crippen LogP contribution in [0.1, 0.15) is 11.7 Å². The molecule has 1 saturated heterocycles. The van der Waals surface area contributed by atoms with Crippen LogP contribution >= 0.6 is 11.8 Å². The lowest BCUT2D eigenvalue weighted by Crippen LogP contribution is -2.48. The maximum Gasteiger partial charge on any atom is 0.164 e. The normalized spacial score (nSPS) is 22.6. The lowest BCUT2D eigenvalue weighted by Gasteiger charge is -2.35. The Morgan fingerprint density at radius 3 is 2.95 bits per heavy atom. The molecule has 0 spiro atoms. The first kappa shape index (κ1) is 15.6. The van der Waals surface area contributed by atoms with Gasteiger partial charge in [-0.1, -0.05) is 12.1 Å². The van der Waals surface area contributed by atoms with Gasteiger partial charge in [-0.15, -0.1) is 0 Å². The van der Waals surface area contributed by atoms with Crippen LogP contribution < -0.4 is 5.73 Å². The summed E-state index contributed by atoms with van der Waals surface area (Å²) < 4.78 is 23.6. The SMILES string of the molecule is CS(=O)(=O)C1CSCCN1CC(O)c1cccc(N)c1. The fourth-order valence-electron chi connectivity index (χ4n) is 2.31. The summed E-state index contributed by atoms with van der Waals surface area (Å²) in [7, 11) is -3.14. The van der Waals surface area contributed by atoms with Gasteiger partial charge in [-0.2, -0.15) is 11.8 Å². The molecule has 112 valence electrons. The monoisotopic (exact) mass is 316 g/mol. The van der Waals surface area contributed by atoms with Crippen LogP contribution in [0.2, 0.25) is 0 Å². The topological polar surface area (TPSA) is 83.6 Å². The smallest absolute Gasteiger partial charge is 0.164 e. The van der Waals surface area contributed by atoms with Crippen LogP contribution in [0.15, 0.2) is 24.3 Å². The number of nitrogens with zero attached hydrogens (tertiary/aromatic N) is 1. The molecule has 0 bridgehead atoms. The third-order valence-corrected chi connectivity index (χ3v) is 6.07. The maximum atomic E-state index is 11.8. The molecule has 5 nitrogen and oxygen atoms in total. The van der Waals surface area contributed by atoms with Gasteiger partial charge in [0, 0.05) is 36.5 Å². The third-order valence-electron chi connectivity index (χ3n) is 3.39. The van der Waals surface area contributed by atoms with Gasteiger partial charge < -0.3 is 10.8 Å². The molecule has 20 heavy (non-hydrogen) atoms. The van der Waals surface area contributed by atoms with Crippen molar-refractivity contribution in [2.45, 2.75) is 11.5 Å². The van der Waals surface area contributed by atoms with Crippen LogP contribution in [-0.2, 0) is 9.84 Å². The summed E-state index contributed by atoms with van der Waals surface area (Å²) in [5.74, 6) is 1.44. The Bertz CT molecular complexity index is 562. The quantitative estimate of drug-likeness (QED) is 0.797. The molecule has 0 aromatic heterocycles. The predicted octanol–water partition coefficient (Wildman–Crippen LogP) is 0.722. The minimum Gasteiger partial charge on any atom is -0.399 e. The zero-order chi connectivity index (χ0) is 14.8. The standard InChI is InChI=1S/C13H20N2O3S2/c1-20(17,18)13-9-19-6-5-15(13)8-12(16)10-3-2-4-11(14)7-10/h2-4,7,12-13,16H,5-6,8-9,14H2,1H3. The Balaban J connectivity index is 2.11. The molecule has 2 atom stereocenters. The predicted molar refractivity (Wildman–Crippen MR) is 83.3 cm³/mol. The van der Waals surface area contributed by atoms with Gasteiger partial charge in [-0.25, -0.2) is 8.42 Å². The van der Waals surface area contributed by atoms with E-state index in [0.29, 0.717) is 24.5 Å². The van der Waals surface area contributed by atoms with Crippen LogP contribution in [-0.4, -0.2) is 54.6 Å². The molecule has 2 rings (SSSR count). The summed E-state index contributed by atoms with van der Waals surface area (Å²) in [6.07, 6.45) is 0.523. The van der Waals surface area contributed by atoms with Crippen molar-refractivity contribution in [1.82, 2.24) is 4.90 Å². The average Bonchev–Trinajstić information content (AvgIpc) is 2.38. The van der Waals surface area contributed by atoms with Crippen molar-refractivity contribution >= 4 is 27.3 Å². The second kappa shape index (κ2) is 6.34. The van der Waals surface area contributed by atoms with Crippen molar-refractivity contribution in [3.63, 3.8) is 0 Å². The molecule has 7 heteroatoms. The van der Waals surface area contributed by atoms with Gasteiger partial charge in [-0.3, -0.25) is 4.90 Å². The Morgan fingerprint density at radius 1 is 1.55 bits per heavy atom. The van der Waals surface area contributed by atoms with E-state index in [2.05, 4.69) is 0 Å². The molecule has 1 heterocycles. The highest BCUT2D eigenvalue weighted by Gasteiger charge is 2.32. The number of anilines is 1. The van der Waals surface area contributed by atoms with E-state index in [1.165, 1.54) is 6.26 Å². The number of sulfone groups is 1. The first-order chi connectivity index (χ1) is 9.38. The summed E-state index contributed by atoms with van der Waals surface area (Å²) in [5.41, 5.74) is 7.01. The number of rotatable bonds is 4. The molecule has 0 radical (unpaired) electrons. The van der Waals surface area contributed by atoms with E-state index >= 15 is 0 Å². The van der Waals surface area contributed by atoms with E-state index in [-0.39, 0.29) is 0 Å². The van der Waals surface area contributed by atoms with E-state index < -0.39 is 21.3 Å². The van der Waals surface area contributed by atoms with Crippen LogP contribution in [0.3, 0.4) is 0 Å². The fourth-order valence-corrected chi connectivity index (χ4v) is 5.27. The lowest BCUT2D eigenvalue weighted by atomic mass is 10.1. The summed E-state index contributed by atoms with van der Waals surface area (Å²) >= 11 is 1.64. The van der Waals surface area contributed by atoms with Gasteiger partial charge in [0.1, 0.15) is 5.37 Å². The fraction of sp³-hybridized carbons (Fsp3) is 0.538. The maximum absolute atomic E-state index is 11.8. The molecule has 0 saturated carbocycles. The molecule has 0 aliphatic carbocycles. The Kier molecular flexibility index (Phi) is 4.95. The largest absolute Gasteiger partial charge is 0.399 e. The second-order valence-electron chi connectivity index (χ2n) is 5.04. The number of nitrogen functional groups attached to an aromatic ring is 1. The van der Waals surface area contributed by atoms with Crippen molar-refractivity contribution in [3.8, 4) is 0 Å². The van der Waals surface area contributed by atoms with Crippen molar-refractivity contribution < 1.29 is 13.5 Å². The summed E-state index contributed by atoms with van der Waals surface area (Å²) in [4.78, 5) is 1.85. The van der Waals surface area contributed by atoms with E-state index in [0.717, 1.165) is 11.3 Å². The number of β-amino-alcohol motifs (C(OH)–C–C–N with tert-alkyl or cyclic N) is 1. The molecular weight excluding hydrogens is 296 g/mol. The minimum atomic E-state index is -3.14. The van der Waals surface area contributed by atoms with Gasteiger partial charge in [0.25, 0.3) is 0 Å². The van der Waals surface area contributed by atoms with Crippen LogP contribution in [0, 0.1) is 0 Å². The van der Waals surface area contributed by atoms with Crippen molar-refractivity contribution in [2.24, 2.45) is 0 Å². The Hall–Kier alpha value is -0.760. The number of thioether (sulfide) groups is 1. The molecule has 1 aromatic carbocycles. The highest BCUT2D eigenvalue weighted by Crippen LogP contribution is 2.24. The van der Waals surface area contributed by atoms with Gasteiger partial charge in [0.15, 0.2) is 9.84 Å². The summed E-state index contributed by atoms with van der Waals surface area (Å²) in [6, 6.07) is 7.06. The molecule has 1 aliphatic rings. The highest BCUT2D eigenvalue weighted by atomic mass is 32.2. The number of aliphatic hydroxyl groups is 1. The second-order valence-corrected chi connectivity index (χ2v) is 8.39. The Labute approximate surface area is 124 Å². The van der Waals surface area contributed by atoms with E-state index in [1.54, 1.807) is 36.0 Å². The minimum absolute atomic E-state index is 0.307. The third kappa shape index (κ3) is 3.88. The lowest BCUT2D eigenvalue weighted by molar-refractivity contribution is 0.111. The molecule has 1 fully saturated rings. The molecule has 3 N–H and O–H groups in total.